The molecular weight excluding hydrogens is 292 g/mol. The molecule has 1 aliphatic heterocycles. The van der Waals surface area contributed by atoms with Gasteiger partial charge in [-0.25, -0.2) is 0 Å². The highest BCUT2D eigenvalue weighted by molar-refractivity contribution is 5.97. The molecule has 1 saturated heterocycles. The van der Waals surface area contributed by atoms with E-state index in [9.17, 15) is 4.79 Å². The number of aromatic nitrogens is 5. The van der Waals surface area contributed by atoms with Gasteiger partial charge in [-0.1, -0.05) is 0 Å². The van der Waals surface area contributed by atoms with Crippen LogP contribution in [0.4, 0.5) is 0 Å². The Bertz CT molecular complexity index is 851. The second-order valence-corrected chi connectivity index (χ2v) is 6.06. The van der Waals surface area contributed by atoms with Crippen molar-refractivity contribution in [2.45, 2.75) is 32.4 Å². The molecule has 1 N–H and O–H groups in total. The molecule has 0 aliphatic carbocycles. The molecule has 1 unspecified atom stereocenters. The first-order valence-electron chi connectivity index (χ1n) is 7.81. The highest BCUT2D eigenvalue weighted by Crippen LogP contribution is 2.22. The van der Waals surface area contributed by atoms with E-state index in [2.05, 4.69) is 20.5 Å². The molecule has 7 nitrogen and oxygen atoms in total. The molecule has 7 heteroatoms. The lowest BCUT2D eigenvalue weighted by molar-refractivity contribution is 0.0722. The van der Waals surface area contributed by atoms with Gasteiger partial charge in [0.15, 0.2) is 0 Å². The Kier molecular flexibility index (Phi) is 3.33. The molecule has 0 bridgehead atoms. The summed E-state index contributed by atoms with van der Waals surface area (Å²) >= 11 is 0. The van der Waals surface area contributed by atoms with E-state index in [0.29, 0.717) is 11.1 Å². The first-order valence-corrected chi connectivity index (χ1v) is 7.81. The highest BCUT2D eigenvalue weighted by Gasteiger charge is 2.30. The van der Waals surface area contributed by atoms with Crippen molar-refractivity contribution in [1.29, 1.82) is 0 Å². The van der Waals surface area contributed by atoms with Gasteiger partial charge in [0.2, 0.25) is 0 Å². The quantitative estimate of drug-likeness (QED) is 0.799. The lowest BCUT2D eigenvalue weighted by Gasteiger charge is -2.24. The summed E-state index contributed by atoms with van der Waals surface area (Å²) in [5.74, 6) is 0.0567. The van der Waals surface area contributed by atoms with E-state index < -0.39 is 0 Å². The predicted molar refractivity (Wildman–Crippen MR) is 84.9 cm³/mol. The lowest BCUT2D eigenvalue weighted by Crippen LogP contribution is -2.38. The Morgan fingerprint density at radius 3 is 3.04 bits per heavy atom. The molecular formula is C16H18N6O. The molecule has 4 rings (SSSR count). The van der Waals surface area contributed by atoms with Crippen molar-refractivity contribution in [3.05, 3.63) is 41.7 Å². The molecule has 2 aromatic heterocycles. The summed E-state index contributed by atoms with van der Waals surface area (Å²) in [5, 5.41) is 15.0. The number of nitrogens with zero attached hydrogens (tertiary/aromatic N) is 5. The SMILES string of the molecule is Cc1cnn(CC2CCCN2C(=O)c2ccc3n[nH]nc3c2)c1. The highest BCUT2D eigenvalue weighted by atomic mass is 16.2. The van der Waals surface area contributed by atoms with Crippen LogP contribution in [0.15, 0.2) is 30.6 Å². The minimum absolute atomic E-state index is 0.0567. The Balaban J connectivity index is 1.56. The van der Waals surface area contributed by atoms with Gasteiger partial charge in [-0.2, -0.15) is 20.5 Å². The Morgan fingerprint density at radius 2 is 2.22 bits per heavy atom. The number of H-pyrrole nitrogens is 1. The molecule has 1 fully saturated rings. The summed E-state index contributed by atoms with van der Waals surface area (Å²) in [6.07, 6.45) is 5.90. The van der Waals surface area contributed by atoms with Gasteiger partial charge in [0.1, 0.15) is 11.0 Å². The van der Waals surface area contributed by atoms with Crippen molar-refractivity contribution in [2.24, 2.45) is 0 Å². The van der Waals surface area contributed by atoms with E-state index in [4.69, 9.17) is 0 Å². The second-order valence-electron chi connectivity index (χ2n) is 6.06. The van der Waals surface area contributed by atoms with E-state index in [0.717, 1.165) is 37.0 Å². The summed E-state index contributed by atoms with van der Waals surface area (Å²) in [7, 11) is 0. The van der Waals surface area contributed by atoms with Crippen LogP contribution in [-0.4, -0.2) is 48.6 Å². The zero-order valence-corrected chi connectivity index (χ0v) is 12.9. The van der Waals surface area contributed by atoms with E-state index in [1.54, 1.807) is 6.07 Å². The van der Waals surface area contributed by atoms with Gasteiger partial charge >= 0.3 is 0 Å². The monoisotopic (exact) mass is 310 g/mol. The first kappa shape index (κ1) is 13.9. The number of carbonyl (C=O) groups excluding carboxylic acids is 1. The fraction of sp³-hybridized carbons (Fsp3) is 0.375. The molecule has 1 aliphatic rings. The van der Waals surface area contributed by atoms with Crippen LogP contribution in [-0.2, 0) is 6.54 Å². The topological polar surface area (TPSA) is 79.7 Å². The van der Waals surface area contributed by atoms with E-state index in [1.807, 2.05) is 41.0 Å². The number of amides is 1. The standard InChI is InChI=1S/C16H18N6O/c1-11-8-17-21(9-11)10-13-3-2-6-22(13)16(23)12-4-5-14-15(7-12)19-20-18-14/h4-5,7-9,13H,2-3,6,10H2,1H3,(H,18,19,20). The average molecular weight is 310 g/mol. The van der Waals surface area contributed by atoms with Gasteiger partial charge in [0.05, 0.1) is 18.8 Å². The van der Waals surface area contributed by atoms with Crippen LogP contribution >= 0.6 is 0 Å². The molecule has 0 radical (unpaired) electrons. The maximum atomic E-state index is 12.9. The number of hydrogen-bond donors (Lipinski definition) is 1. The van der Waals surface area contributed by atoms with E-state index in [-0.39, 0.29) is 11.9 Å². The Labute approximate surface area is 133 Å². The molecule has 1 amide bonds. The van der Waals surface area contributed by atoms with Gasteiger partial charge in [-0.05, 0) is 43.5 Å². The lowest BCUT2D eigenvalue weighted by atomic mass is 10.1. The fourth-order valence-corrected chi connectivity index (χ4v) is 3.21. The average Bonchev–Trinajstić information content (AvgIpc) is 3.27. The van der Waals surface area contributed by atoms with Crippen LogP contribution in [0.25, 0.3) is 11.0 Å². The largest absolute Gasteiger partial charge is 0.334 e. The van der Waals surface area contributed by atoms with Crippen molar-refractivity contribution in [1.82, 2.24) is 30.1 Å². The molecule has 0 spiro atoms. The number of fused-ring (bicyclic) bond motifs is 1. The number of carbonyl (C=O) groups is 1. The van der Waals surface area contributed by atoms with Crippen LogP contribution in [0.1, 0.15) is 28.8 Å². The van der Waals surface area contributed by atoms with Gasteiger partial charge in [0.25, 0.3) is 5.91 Å². The normalized spacial score (nSPS) is 18.0. The Morgan fingerprint density at radius 1 is 1.35 bits per heavy atom. The maximum Gasteiger partial charge on any atom is 0.254 e. The molecule has 23 heavy (non-hydrogen) atoms. The third-order valence-corrected chi connectivity index (χ3v) is 4.36. The zero-order chi connectivity index (χ0) is 15.8. The van der Waals surface area contributed by atoms with Gasteiger partial charge in [-0.15, -0.1) is 0 Å². The summed E-state index contributed by atoms with van der Waals surface area (Å²) in [6.45, 7) is 3.56. The molecule has 0 saturated carbocycles. The molecule has 3 aromatic rings. The number of benzene rings is 1. The fourth-order valence-electron chi connectivity index (χ4n) is 3.21. The van der Waals surface area contributed by atoms with Gasteiger partial charge < -0.3 is 4.90 Å². The minimum Gasteiger partial charge on any atom is -0.334 e. The third-order valence-electron chi connectivity index (χ3n) is 4.36. The maximum absolute atomic E-state index is 12.9. The van der Waals surface area contributed by atoms with Crippen LogP contribution in [0.3, 0.4) is 0 Å². The minimum atomic E-state index is 0.0567. The number of nitrogens with one attached hydrogen (secondary N) is 1. The van der Waals surface area contributed by atoms with Gasteiger partial charge in [-0.3, -0.25) is 9.48 Å². The van der Waals surface area contributed by atoms with Gasteiger partial charge in [0, 0.05) is 18.3 Å². The van der Waals surface area contributed by atoms with Crippen LogP contribution in [0, 0.1) is 6.92 Å². The van der Waals surface area contributed by atoms with E-state index >= 15 is 0 Å². The van der Waals surface area contributed by atoms with Crippen molar-refractivity contribution >= 4 is 16.9 Å². The first-order chi connectivity index (χ1) is 11.2. The van der Waals surface area contributed by atoms with Crippen molar-refractivity contribution in [2.75, 3.05) is 6.54 Å². The summed E-state index contributed by atoms with van der Waals surface area (Å²) in [5.41, 5.74) is 3.29. The smallest absolute Gasteiger partial charge is 0.254 e. The number of rotatable bonds is 3. The van der Waals surface area contributed by atoms with Crippen molar-refractivity contribution in [3.8, 4) is 0 Å². The van der Waals surface area contributed by atoms with Crippen molar-refractivity contribution in [3.63, 3.8) is 0 Å². The second kappa shape index (κ2) is 5.49. The molecule has 1 atom stereocenters. The van der Waals surface area contributed by atoms with Crippen LogP contribution < -0.4 is 0 Å². The molecule has 3 heterocycles. The molecule has 118 valence electrons. The van der Waals surface area contributed by atoms with Crippen LogP contribution in [0.5, 0.6) is 0 Å². The number of aryl methyl sites for hydroxylation is 1. The van der Waals surface area contributed by atoms with Crippen molar-refractivity contribution < 1.29 is 4.79 Å². The summed E-state index contributed by atoms with van der Waals surface area (Å²) < 4.78 is 1.92. The summed E-state index contributed by atoms with van der Waals surface area (Å²) in [4.78, 5) is 14.8. The third kappa shape index (κ3) is 2.58. The Hall–Kier alpha value is -2.70. The number of likely N-dealkylation sites (tertiary alicyclic amines) is 1. The summed E-state index contributed by atoms with van der Waals surface area (Å²) in [6, 6.07) is 5.64. The predicted octanol–water partition coefficient (Wildman–Crippen LogP) is 1.77. The zero-order valence-electron chi connectivity index (χ0n) is 12.9. The van der Waals surface area contributed by atoms with E-state index in [1.165, 1.54) is 0 Å². The number of aromatic amines is 1. The number of hydrogen-bond acceptors (Lipinski definition) is 4. The molecule has 1 aromatic carbocycles. The van der Waals surface area contributed by atoms with Crippen LogP contribution in [0.2, 0.25) is 0 Å².